The van der Waals surface area contributed by atoms with Crippen LogP contribution in [0.4, 0.5) is 0 Å². The van der Waals surface area contributed by atoms with E-state index in [1.807, 2.05) is 19.1 Å². The van der Waals surface area contributed by atoms with Gasteiger partial charge in [0.1, 0.15) is 0 Å². The van der Waals surface area contributed by atoms with Gasteiger partial charge >= 0.3 is 0 Å². The van der Waals surface area contributed by atoms with E-state index in [0.717, 1.165) is 27.9 Å². The van der Waals surface area contributed by atoms with Gasteiger partial charge in [0.05, 0.1) is 20.3 Å². The zero-order valence-corrected chi connectivity index (χ0v) is 13.4. The van der Waals surface area contributed by atoms with E-state index in [-0.39, 0.29) is 6.04 Å². The van der Waals surface area contributed by atoms with Crippen LogP contribution in [0.2, 0.25) is 0 Å². The number of benzene rings is 1. The molecule has 1 aromatic rings. The van der Waals surface area contributed by atoms with Crippen molar-refractivity contribution in [1.29, 1.82) is 0 Å². The molecule has 2 aliphatic rings. The quantitative estimate of drug-likeness (QED) is 0.847. The molecule has 0 saturated heterocycles. The lowest BCUT2D eigenvalue weighted by atomic mass is 10.0. The fourth-order valence-corrected chi connectivity index (χ4v) is 3.46. The first-order valence-electron chi connectivity index (χ1n) is 6.76. The van der Waals surface area contributed by atoms with E-state index in [9.17, 15) is 0 Å². The lowest BCUT2D eigenvalue weighted by Gasteiger charge is -2.29. The Labute approximate surface area is 129 Å². The van der Waals surface area contributed by atoms with Crippen LogP contribution in [-0.2, 0) is 0 Å². The van der Waals surface area contributed by atoms with Gasteiger partial charge in [0, 0.05) is 16.8 Å². The maximum absolute atomic E-state index is 5.41. The molecule has 0 bridgehead atoms. The number of rotatable bonds is 3. The molecule has 1 aromatic carbocycles. The number of thioether (sulfide) groups is 1. The monoisotopic (exact) mass is 302 g/mol. The topological polar surface area (TPSA) is 34.1 Å². The maximum Gasteiger partial charge on any atom is 0.173 e. The van der Waals surface area contributed by atoms with Crippen LogP contribution in [0.5, 0.6) is 11.5 Å². The summed E-state index contributed by atoms with van der Waals surface area (Å²) in [4.78, 5) is 8.06. The van der Waals surface area contributed by atoms with Crippen LogP contribution >= 0.6 is 11.8 Å². The third-order valence-corrected chi connectivity index (χ3v) is 4.43. The number of fused-ring (bicyclic) bond motifs is 1. The summed E-state index contributed by atoms with van der Waals surface area (Å²) >= 11 is 1.71. The fourth-order valence-electron chi connectivity index (χ4n) is 2.54. The Hall–Kier alpha value is -1.88. The summed E-state index contributed by atoms with van der Waals surface area (Å²) in [5.41, 5.74) is 2.20. The Morgan fingerprint density at radius 1 is 1.14 bits per heavy atom. The van der Waals surface area contributed by atoms with Crippen molar-refractivity contribution in [3.8, 4) is 11.5 Å². The second-order valence-electron chi connectivity index (χ2n) is 5.01. The van der Waals surface area contributed by atoms with E-state index < -0.39 is 0 Å². The van der Waals surface area contributed by atoms with Crippen LogP contribution in [-0.4, -0.2) is 24.3 Å². The molecule has 0 aromatic heterocycles. The zero-order chi connectivity index (χ0) is 15.0. The van der Waals surface area contributed by atoms with Gasteiger partial charge in [-0.15, -0.1) is 0 Å². The number of methoxy groups -OCH3 is 2. The van der Waals surface area contributed by atoms with Gasteiger partial charge in [-0.1, -0.05) is 17.8 Å². The van der Waals surface area contributed by atoms with Crippen LogP contribution in [0, 0.1) is 0 Å². The first kappa shape index (κ1) is 14.1. The van der Waals surface area contributed by atoms with Gasteiger partial charge in [-0.3, -0.25) is 0 Å². The predicted octanol–water partition coefficient (Wildman–Crippen LogP) is 3.93. The number of ether oxygens (including phenoxy) is 2. The molecule has 5 heteroatoms. The number of hydrogen-bond acceptors (Lipinski definition) is 5. The minimum Gasteiger partial charge on any atom is -0.493 e. The van der Waals surface area contributed by atoms with E-state index in [1.165, 1.54) is 4.91 Å². The summed E-state index contributed by atoms with van der Waals surface area (Å²) in [5.74, 6) is 1.49. The predicted molar refractivity (Wildman–Crippen MR) is 86.7 cm³/mol. The van der Waals surface area contributed by atoms with Crippen LogP contribution in [0.15, 0.2) is 46.1 Å². The molecular formula is C16H18N2O2S. The Morgan fingerprint density at radius 3 is 2.62 bits per heavy atom. The smallest absolute Gasteiger partial charge is 0.173 e. The molecular weight excluding hydrogens is 284 g/mol. The molecule has 3 rings (SSSR count). The summed E-state index contributed by atoms with van der Waals surface area (Å²) in [6, 6.07) is 6.19. The maximum atomic E-state index is 5.41. The second-order valence-corrected chi connectivity index (χ2v) is 6.22. The number of amidine groups is 1. The first-order chi connectivity index (χ1) is 10.1. The highest BCUT2D eigenvalue weighted by atomic mass is 32.2. The minimum atomic E-state index is 0.141. The van der Waals surface area contributed by atoms with E-state index in [2.05, 4.69) is 35.2 Å². The highest BCUT2D eigenvalue weighted by molar-refractivity contribution is 8.17. The minimum absolute atomic E-state index is 0.141. The summed E-state index contributed by atoms with van der Waals surface area (Å²) in [5, 5.41) is 1.03. The highest BCUT2D eigenvalue weighted by Crippen LogP contribution is 2.41. The summed E-state index contributed by atoms with van der Waals surface area (Å²) < 4.78 is 10.7. The van der Waals surface area contributed by atoms with Gasteiger partial charge in [-0.2, -0.15) is 0 Å². The van der Waals surface area contributed by atoms with Crippen molar-refractivity contribution < 1.29 is 9.47 Å². The Bertz CT molecular complexity index is 664. The van der Waals surface area contributed by atoms with Crippen LogP contribution < -0.4 is 9.47 Å². The van der Waals surface area contributed by atoms with Crippen molar-refractivity contribution in [3.63, 3.8) is 0 Å². The fraction of sp³-hybridized carbons (Fsp3) is 0.312. The van der Waals surface area contributed by atoms with E-state index in [1.54, 1.807) is 26.0 Å². The van der Waals surface area contributed by atoms with Crippen molar-refractivity contribution >= 4 is 16.9 Å². The highest BCUT2D eigenvalue weighted by Gasteiger charge is 2.29. The number of allylic oxidation sites excluding steroid dienone is 2. The Kier molecular flexibility index (Phi) is 3.68. The van der Waals surface area contributed by atoms with Gasteiger partial charge in [0.2, 0.25) is 0 Å². The van der Waals surface area contributed by atoms with Gasteiger partial charge in [-0.05, 0) is 37.6 Å². The van der Waals surface area contributed by atoms with E-state index >= 15 is 0 Å². The first-order valence-corrected chi connectivity index (χ1v) is 7.57. The molecule has 0 amide bonds. The van der Waals surface area contributed by atoms with Gasteiger partial charge in [0.15, 0.2) is 16.7 Å². The third kappa shape index (κ3) is 2.53. The SMILES string of the molecule is COc1ccc(C2C=C(C)N=C3SC(C)=CN32)cc1OC. The third-order valence-electron chi connectivity index (χ3n) is 3.51. The Balaban J connectivity index is 2.01. The Morgan fingerprint density at radius 2 is 1.90 bits per heavy atom. The molecule has 110 valence electrons. The molecule has 1 atom stereocenters. The van der Waals surface area contributed by atoms with Crippen molar-refractivity contribution in [1.82, 2.24) is 4.90 Å². The van der Waals surface area contributed by atoms with Crippen molar-refractivity contribution in [2.75, 3.05) is 14.2 Å². The molecule has 2 aliphatic heterocycles. The van der Waals surface area contributed by atoms with Gasteiger partial charge in [-0.25, -0.2) is 4.99 Å². The lowest BCUT2D eigenvalue weighted by molar-refractivity contribution is 0.353. The molecule has 2 heterocycles. The molecule has 0 aliphatic carbocycles. The number of aliphatic imine (C=N–C) groups is 1. The number of nitrogens with zero attached hydrogens (tertiary/aromatic N) is 2. The van der Waals surface area contributed by atoms with Crippen molar-refractivity contribution in [2.24, 2.45) is 4.99 Å². The van der Waals surface area contributed by atoms with Crippen LogP contribution in [0.25, 0.3) is 0 Å². The lowest BCUT2D eigenvalue weighted by Crippen LogP contribution is -2.27. The van der Waals surface area contributed by atoms with Gasteiger partial charge < -0.3 is 14.4 Å². The summed E-state index contributed by atoms with van der Waals surface area (Å²) in [7, 11) is 3.31. The average Bonchev–Trinajstić information content (AvgIpc) is 2.85. The standard InChI is InChI=1S/C16H18N2O2S/c1-10-7-13(18-9-11(2)21-16(18)17-10)12-5-6-14(19-3)15(8-12)20-4/h5-9,13H,1-4H3. The van der Waals surface area contributed by atoms with Crippen LogP contribution in [0.1, 0.15) is 25.5 Å². The summed E-state index contributed by atoms with van der Waals surface area (Å²) in [6.45, 7) is 4.14. The number of hydrogen-bond donors (Lipinski definition) is 0. The van der Waals surface area contributed by atoms with Crippen molar-refractivity contribution in [3.05, 3.63) is 46.6 Å². The normalized spacial score (nSPS) is 20.5. The van der Waals surface area contributed by atoms with Crippen molar-refractivity contribution in [2.45, 2.75) is 19.9 Å². The molecule has 4 nitrogen and oxygen atoms in total. The van der Waals surface area contributed by atoms with E-state index in [0.29, 0.717) is 0 Å². The zero-order valence-electron chi connectivity index (χ0n) is 12.6. The molecule has 0 spiro atoms. The average molecular weight is 302 g/mol. The molecule has 0 fully saturated rings. The van der Waals surface area contributed by atoms with Gasteiger partial charge in [0.25, 0.3) is 0 Å². The molecule has 21 heavy (non-hydrogen) atoms. The largest absolute Gasteiger partial charge is 0.493 e. The molecule has 1 unspecified atom stereocenters. The van der Waals surface area contributed by atoms with Crippen LogP contribution in [0.3, 0.4) is 0 Å². The molecule has 0 saturated carbocycles. The van der Waals surface area contributed by atoms with E-state index in [4.69, 9.17) is 9.47 Å². The summed E-state index contributed by atoms with van der Waals surface area (Å²) in [6.07, 6.45) is 4.31. The second kappa shape index (κ2) is 5.48. The molecule has 0 radical (unpaired) electrons. The molecule has 0 N–H and O–H groups in total.